The summed E-state index contributed by atoms with van der Waals surface area (Å²) in [4.78, 5) is 0.323. The van der Waals surface area contributed by atoms with E-state index in [9.17, 15) is 8.42 Å². The van der Waals surface area contributed by atoms with Crippen LogP contribution in [-0.2, 0) is 16.6 Å². The van der Waals surface area contributed by atoms with E-state index in [1.165, 1.54) is 6.42 Å². The Hall–Kier alpha value is -0.430. The van der Waals surface area contributed by atoms with Crippen LogP contribution in [0.15, 0.2) is 21.5 Å². The van der Waals surface area contributed by atoms with Crippen LogP contribution in [0, 0.1) is 18.8 Å². The highest BCUT2D eigenvalue weighted by atomic mass is 79.9. The summed E-state index contributed by atoms with van der Waals surface area (Å²) in [7, 11) is -3.49. The van der Waals surface area contributed by atoms with Gasteiger partial charge in [0, 0.05) is 17.6 Å². The summed E-state index contributed by atoms with van der Waals surface area (Å²) >= 11 is 3.41. The molecule has 1 aromatic rings. The second-order valence-corrected chi connectivity index (χ2v) is 8.63. The maximum atomic E-state index is 12.5. The minimum Gasteiger partial charge on any atom is -0.326 e. The molecule has 0 aromatic heterocycles. The maximum Gasteiger partial charge on any atom is 0.240 e. The fourth-order valence-corrected chi connectivity index (χ4v) is 4.99. The molecule has 1 aliphatic rings. The molecule has 3 N–H and O–H groups in total. The molecule has 0 spiro atoms. The Kier molecular flexibility index (Phi) is 5.46. The highest BCUT2D eigenvalue weighted by Crippen LogP contribution is 2.30. The molecular formula is C15H23BrN2O2S. The molecular weight excluding hydrogens is 352 g/mol. The molecule has 0 heterocycles. The average molecular weight is 375 g/mol. The lowest BCUT2D eigenvalue weighted by atomic mass is 10.1. The van der Waals surface area contributed by atoms with Gasteiger partial charge < -0.3 is 5.73 Å². The number of nitrogens with one attached hydrogen (secondary N) is 1. The van der Waals surface area contributed by atoms with Crippen molar-refractivity contribution in [3.8, 4) is 0 Å². The third-order valence-electron chi connectivity index (χ3n) is 4.25. The van der Waals surface area contributed by atoms with Gasteiger partial charge in [0.15, 0.2) is 0 Å². The summed E-state index contributed by atoms with van der Waals surface area (Å²) in [6.07, 6.45) is 3.41. The SMILES string of the molecule is Cc1c(Br)cc(CN)cc1S(=O)(=O)NCC1CCC(C)C1. The van der Waals surface area contributed by atoms with Crippen molar-refractivity contribution in [3.05, 3.63) is 27.7 Å². The summed E-state index contributed by atoms with van der Waals surface area (Å²) < 4.78 is 28.6. The fraction of sp³-hybridized carbons (Fsp3) is 0.600. The van der Waals surface area contributed by atoms with E-state index in [1.807, 2.05) is 6.07 Å². The Labute approximate surface area is 135 Å². The van der Waals surface area contributed by atoms with Crippen LogP contribution in [0.5, 0.6) is 0 Å². The molecule has 118 valence electrons. The van der Waals surface area contributed by atoms with E-state index in [1.54, 1.807) is 13.0 Å². The topological polar surface area (TPSA) is 72.2 Å². The van der Waals surface area contributed by atoms with Gasteiger partial charge in [-0.1, -0.05) is 29.3 Å². The first-order valence-corrected chi connectivity index (χ1v) is 9.60. The van der Waals surface area contributed by atoms with Crippen molar-refractivity contribution in [2.24, 2.45) is 17.6 Å². The maximum absolute atomic E-state index is 12.5. The third-order valence-corrected chi connectivity index (χ3v) is 6.62. The van der Waals surface area contributed by atoms with E-state index in [2.05, 4.69) is 27.6 Å². The molecule has 2 atom stereocenters. The van der Waals surface area contributed by atoms with Gasteiger partial charge in [-0.05, 0) is 54.9 Å². The molecule has 1 fully saturated rings. The lowest BCUT2D eigenvalue weighted by Crippen LogP contribution is -2.29. The normalized spacial score (nSPS) is 22.7. The standard InChI is InChI=1S/C15H23BrN2O2S/c1-10-3-4-12(5-10)9-18-21(19,20)15-7-13(8-17)6-14(16)11(15)2/h6-7,10,12,18H,3-5,8-9,17H2,1-2H3. The third kappa shape index (κ3) is 4.06. The first-order chi connectivity index (χ1) is 9.83. The molecule has 0 bridgehead atoms. The van der Waals surface area contributed by atoms with Crippen LogP contribution in [0.1, 0.15) is 37.3 Å². The van der Waals surface area contributed by atoms with Gasteiger partial charge in [-0.3, -0.25) is 0 Å². The molecule has 0 amide bonds. The first kappa shape index (κ1) is 16.9. The van der Waals surface area contributed by atoms with Gasteiger partial charge >= 0.3 is 0 Å². The quantitative estimate of drug-likeness (QED) is 0.831. The number of rotatable bonds is 5. The molecule has 0 radical (unpaired) electrons. The zero-order valence-electron chi connectivity index (χ0n) is 12.5. The van der Waals surface area contributed by atoms with E-state index in [-0.39, 0.29) is 0 Å². The van der Waals surface area contributed by atoms with E-state index >= 15 is 0 Å². The van der Waals surface area contributed by atoms with Crippen LogP contribution < -0.4 is 10.5 Å². The molecule has 1 saturated carbocycles. The summed E-state index contributed by atoms with van der Waals surface area (Å²) in [5.41, 5.74) is 7.16. The van der Waals surface area contributed by atoms with Crippen molar-refractivity contribution < 1.29 is 8.42 Å². The lowest BCUT2D eigenvalue weighted by Gasteiger charge is -2.15. The van der Waals surface area contributed by atoms with E-state index in [0.29, 0.717) is 29.8 Å². The molecule has 21 heavy (non-hydrogen) atoms. The van der Waals surface area contributed by atoms with Crippen molar-refractivity contribution in [2.45, 2.75) is 44.6 Å². The van der Waals surface area contributed by atoms with E-state index in [4.69, 9.17) is 5.73 Å². The molecule has 2 unspecified atom stereocenters. The predicted octanol–water partition coefficient (Wildman–Crippen LogP) is 2.93. The first-order valence-electron chi connectivity index (χ1n) is 7.32. The molecule has 0 saturated heterocycles. The average Bonchev–Trinajstić information content (AvgIpc) is 2.85. The monoisotopic (exact) mass is 374 g/mol. The lowest BCUT2D eigenvalue weighted by molar-refractivity contribution is 0.498. The zero-order valence-corrected chi connectivity index (χ0v) is 14.9. The molecule has 1 aliphatic carbocycles. The van der Waals surface area contributed by atoms with Crippen LogP contribution in [0.4, 0.5) is 0 Å². The van der Waals surface area contributed by atoms with Crippen molar-refractivity contribution in [1.82, 2.24) is 4.72 Å². The summed E-state index contributed by atoms with van der Waals surface area (Å²) in [5, 5.41) is 0. The molecule has 0 aliphatic heterocycles. The van der Waals surface area contributed by atoms with E-state index < -0.39 is 10.0 Å². The summed E-state index contributed by atoms with van der Waals surface area (Å²) in [6.45, 7) is 4.87. The summed E-state index contributed by atoms with van der Waals surface area (Å²) in [6, 6.07) is 3.53. The number of hydrogen-bond donors (Lipinski definition) is 2. The predicted molar refractivity (Wildman–Crippen MR) is 88.5 cm³/mol. The number of hydrogen-bond acceptors (Lipinski definition) is 3. The van der Waals surface area contributed by atoms with Crippen molar-refractivity contribution in [1.29, 1.82) is 0 Å². The molecule has 6 heteroatoms. The highest BCUT2D eigenvalue weighted by molar-refractivity contribution is 9.10. The van der Waals surface area contributed by atoms with Gasteiger partial charge in [0.1, 0.15) is 0 Å². The van der Waals surface area contributed by atoms with Crippen LogP contribution in [0.25, 0.3) is 0 Å². The van der Waals surface area contributed by atoms with Crippen molar-refractivity contribution in [2.75, 3.05) is 6.54 Å². The van der Waals surface area contributed by atoms with Gasteiger partial charge in [-0.15, -0.1) is 0 Å². The smallest absolute Gasteiger partial charge is 0.240 e. The summed E-state index contributed by atoms with van der Waals surface area (Å²) in [5.74, 6) is 1.16. The molecule has 4 nitrogen and oxygen atoms in total. The fourth-order valence-electron chi connectivity index (χ4n) is 2.92. The van der Waals surface area contributed by atoms with Crippen LogP contribution >= 0.6 is 15.9 Å². The van der Waals surface area contributed by atoms with Crippen LogP contribution in [-0.4, -0.2) is 15.0 Å². The van der Waals surface area contributed by atoms with Crippen LogP contribution in [0.2, 0.25) is 0 Å². The van der Waals surface area contributed by atoms with Gasteiger partial charge in [0.25, 0.3) is 0 Å². The number of halogens is 1. The zero-order chi connectivity index (χ0) is 15.6. The van der Waals surface area contributed by atoms with Crippen molar-refractivity contribution in [3.63, 3.8) is 0 Å². The van der Waals surface area contributed by atoms with Crippen LogP contribution in [0.3, 0.4) is 0 Å². The Balaban J connectivity index is 2.17. The number of sulfonamides is 1. The van der Waals surface area contributed by atoms with Crippen molar-refractivity contribution >= 4 is 26.0 Å². The van der Waals surface area contributed by atoms with Gasteiger partial charge in [-0.2, -0.15) is 0 Å². The highest BCUT2D eigenvalue weighted by Gasteiger charge is 2.25. The van der Waals surface area contributed by atoms with Gasteiger partial charge in [0.2, 0.25) is 10.0 Å². The largest absolute Gasteiger partial charge is 0.326 e. The second-order valence-electron chi connectivity index (χ2n) is 6.04. The van der Waals surface area contributed by atoms with Gasteiger partial charge in [0.05, 0.1) is 4.90 Å². The Bertz CT molecular complexity index is 616. The Morgan fingerprint density at radius 2 is 2.10 bits per heavy atom. The Morgan fingerprint density at radius 1 is 1.38 bits per heavy atom. The number of benzene rings is 1. The minimum atomic E-state index is -3.49. The van der Waals surface area contributed by atoms with Gasteiger partial charge in [-0.25, -0.2) is 13.1 Å². The second kappa shape index (κ2) is 6.77. The number of nitrogens with two attached hydrogens (primary N) is 1. The molecule has 2 rings (SSSR count). The Morgan fingerprint density at radius 3 is 2.67 bits per heavy atom. The van der Waals surface area contributed by atoms with E-state index in [0.717, 1.165) is 28.4 Å². The molecule has 1 aromatic carbocycles. The minimum absolute atomic E-state index is 0.321.